The Morgan fingerprint density at radius 1 is 0.857 bits per heavy atom. The first-order chi connectivity index (χ1) is 9.87. The van der Waals surface area contributed by atoms with Gasteiger partial charge < -0.3 is 50.3 Å². The molecule has 8 N–H and O–H groups in total. The van der Waals surface area contributed by atoms with Crippen LogP contribution in [-0.2, 0) is 9.47 Å². The zero-order chi connectivity index (χ0) is 16.2. The van der Waals surface area contributed by atoms with Crippen LogP contribution >= 0.6 is 0 Å². The molecule has 0 aromatic heterocycles. The molecule has 1 saturated heterocycles. The number of rotatable bonds is 7. The topological polar surface area (TPSA) is 180 Å². The second kappa shape index (κ2) is 8.29. The Morgan fingerprint density at radius 2 is 1.38 bits per heavy atom. The number of aliphatic hydroxyl groups is 8. The summed E-state index contributed by atoms with van der Waals surface area (Å²) < 4.78 is 10.1. The van der Waals surface area contributed by atoms with Gasteiger partial charge in [0.2, 0.25) is 0 Å². The van der Waals surface area contributed by atoms with Crippen LogP contribution in [0.15, 0.2) is 0 Å². The third-order valence-corrected chi connectivity index (χ3v) is 3.27. The van der Waals surface area contributed by atoms with Gasteiger partial charge in [-0.1, -0.05) is 0 Å². The average Bonchev–Trinajstić information content (AvgIpc) is 2.50. The van der Waals surface area contributed by atoms with E-state index in [1.165, 1.54) is 0 Å². The molecular weight excluding hydrogens is 292 g/mol. The van der Waals surface area contributed by atoms with Crippen molar-refractivity contribution in [1.82, 2.24) is 0 Å². The van der Waals surface area contributed by atoms with Crippen LogP contribution in [0.5, 0.6) is 0 Å². The molecular formula is C11H22O10. The summed E-state index contributed by atoms with van der Waals surface area (Å²) in [5, 5.41) is 74.8. The summed E-state index contributed by atoms with van der Waals surface area (Å²) in [5.74, 6) is 0. The van der Waals surface area contributed by atoms with E-state index >= 15 is 0 Å². The number of hydrogen-bond donors (Lipinski definition) is 8. The van der Waals surface area contributed by atoms with Gasteiger partial charge in [0.25, 0.3) is 0 Å². The predicted octanol–water partition coefficient (Wildman–Crippen LogP) is -5.12. The second-order valence-electron chi connectivity index (χ2n) is 4.80. The van der Waals surface area contributed by atoms with Crippen molar-refractivity contribution in [3.05, 3.63) is 0 Å². The summed E-state index contributed by atoms with van der Waals surface area (Å²) >= 11 is 0. The first-order valence-corrected chi connectivity index (χ1v) is 6.41. The predicted molar refractivity (Wildman–Crippen MR) is 64.8 cm³/mol. The highest BCUT2D eigenvalue weighted by Gasteiger charge is 2.46. The fraction of sp³-hybridized carbons (Fsp3) is 1.00. The molecule has 0 aliphatic carbocycles. The molecule has 126 valence electrons. The minimum Gasteiger partial charge on any atom is -0.394 e. The molecule has 1 aliphatic heterocycles. The summed E-state index contributed by atoms with van der Waals surface area (Å²) in [6, 6.07) is 0. The van der Waals surface area contributed by atoms with E-state index in [0.29, 0.717) is 0 Å². The molecule has 1 fully saturated rings. The zero-order valence-corrected chi connectivity index (χ0v) is 11.1. The van der Waals surface area contributed by atoms with E-state index in [1.807, 2.05) is 0 Å². The third-order valence-electron chi connectivity index (χ3n) is 3.27. The maximum atomic E-state index is 9.75. The van der Waals surface area contributed by atoms with Crippen LogP contribution in [0.3, 0.4) is 0 Å². The van der Waals surface area contributed by atoms with Gasteiger partial charge in [0.1, 0.15) is 42.7 Å². The van der Waals surface area contributed by atoms with E-state index in [1.54, 1.807) is 0 Å². The van der Waals surface area contributed by atoms with E-state index in [-0.39, 0.29) is 0 Å². The van der Waals surface area contributed by atoms with Crippen LogP contribution in [0.4, 0.5) is 0 Å². The van der Waals surface area contributed by atoms with Crippen molar-refractivity contribution in [2.24, 2.45) is 0 Å². The highest BCUT2D eigenvalue weighted by Crippen LogP contribution is 2.24. The highest BCUT2D eigenvalue weighted by atomic mass is 16.7. The van der Waals surface area contributed by atoms with Crippen LogP contribution < -0.4 is 0 Å². The van der Waals surface area contributed by atoms with E-state index in [2.05, 4.69) is 0 Å². The molecule has 8 atom stereocenters. The molecule has 21 heavy (non-hydrogen) atoms. The summed E-state index contributed by atoms with van der Waals surface area (Å²) in [7, 11) is 0. The van der Waals surface area contributed by atoms with Gasteiger partial charge in [-0.05, 0) is 0 Å². The quantitative estimate of drug-likeness (QED) is 0.226. The number of ether oxygens (including phenoxy) is 2. The minimum atomic E-state index is -1.72. The molecule has 10 heteroatoms. The lowest BCUT2D eigenvalue weighted by Crippen LogP contribution is -2.61. The number of aliphatic hydroxyl groups excluding tert-OH is 8. The smallest absolute Gasteiger partial charge is 0.187 e. The molecule has 0 aromatic rings. The summed E-state index contributed by atoms with van der Waals surface area (Å²) in [5.41, 5.74) is 0. The molecule has 1 aliphatic rings. The van der Waals surface area contributed by atoms with Crippen molar-refractivity contribution in [2.75, 3.05) is 19.8 Å². The van der Waals surface area contributed by atoms with Gasteiger partial charge in [0.05, 0.1) is 19.8 Å². The first kappa shape index (κ1) is 18.6. The lowest BCUT2D eigenvalue weighted by atomic mass is 9.99. The molecule has 0 spiro atoms. The van der Waals surface area contributed by atoms with Gasteiger partial charge >= 0.3 is 0 Å². The lowest BCUT2D eigenvalue weighted by Gasteiger charge is -2.41. The first-order valence-electron chi connectivity index (χ1n) is 6.41. The van der Waals surface area contributed by atoms with Gasteiger partial charge in [-0.15, -0.1) is 0 Å². The summed E-state index contributed by atoms with van der Waals surface area (Å²) in [6.07, 6.45) is -12.5. The third kappa shape index (κ3) is 4.29. The standard InChI is InChI=1S/C11H22O10/c12-1-4(15)10(5(16)2-13)21-11-9(19)8(18)7(17)6(3-14)20-11/h4-19H,1-3H2/t4-,5+,6-,7-,8+,9-,10?,11-/m1/s1. The van der Waals surface area contributed by atoms with Crippen molar-refractivity contribution in [3.63, 3.8) is 0 Å². The Kier molecular flexibility index (Phi) is 7.36. The molecule has 0 saturated carbocycles. The Balaban J connectivity index is 2.81. The van der Waals surface area contributed by atoms with Crippen LogP contribution in [0.25, 0.3) is 0 Å². The van der Waals surface area contributed by atoms with Crippen molar-refractivity contribution in [2.45, 2.75) is 49.0 Å². The second-order valence-corrected chi connectivity index (χ2v) is 4.80. The van der Waals surface area contributed by atoms with Crippen LogP contribution in [-0.4, -0.2) is 110 Å². The van der Waals surface area contributed by atoms with Gasteiger partial charge in [-0.3, -0.25) is 0 Å². The van der Waals surface area contributed by atoms with Crippen molar-refractivity contribution >= 4 is 0 Å². The van der Waals surface area contributed by atoms with E-state index < -0.39 is 68.8 Å². The molecule has 1 unspecified atom stereocenters. The summed E-state index contributed by atoms with van der Waals surface area (Å²) in [6.45, 7) is -2.25. The van der Waals surface area contributed by atoms with Crippen LogP contribution in [0.2, 0.25) is 0 Å². The maximum absolute atomic E-state index is 9.75. The summed E-state index contributed by atoms with van der Waals surface area (Å²) in [4.78, 5) is 0. The van der Waals surface area contributed by atoms with Gasteiger partial charge in [0.15, 0.2) is 6.29 Å². The van der Waals surface area contributed by atoms with Crippen LogP contribution in [0.1, 0.15) is 0 Å². The average molecular weight is 314 g/mol. The molecule has 10 nitrogen and oxygen atoms in total. The number of hydrogen-bond acceptors (Lipinski definition) is 10. The minimum absolute atomic E-state index is 0.666. The lowest BCUT2D eigenvalue weighted by molar-refractivity contribution is -0.325. The Morgan fingerprint density at radius 3 is 1.81 bits per heavy atom. The Labute approximate surface area is 120 Å². The fourth-order valence-electron chi connectivity index (χ4n) is 1.98. The molecule has 0 aromatic carbocycles. The van der Waals surface area contributed by atoms with Gasteiger partial charge in [-0.2, -0.15) is 0 Å². The molecule has 0 radical (unpaired) electrons. The molecule has 0 bridgehead atoms. The zero-order valence-electron chi connectivity index (χ0n) is 11.1. The Hall–Kier alpha value is -0.400. The maximum Gasteiger partial charge on any atom is 0.187 e. The Bertz CT molecular complexity index is 291. The molecule has 1 heterocycles. The fourth-order valence-corrected chi connectivity index (χ4v) is 1.98. The van der Waals surface area contributed by atoms with E-state index in [0.717, 1.165) is 0 Å². The van der Waals surface area contributed by atoms with Gasteiger partial charge in [-0.25, -0.2) is 0 Å². The van der Waals surface area contributed by atoms with E-state index in [4.69, 9.17) is 24.8 Å². The normalized spacial score (nSPS) is 38.0. The van der Waals surface area contributed by atoms with Gasteiger partial charge in [0, 0.05) is 0 Å². The van der Waals surface area contributed by atoms with Crippen LogP contribution in [0, 0.1) is 0 Å². The van der Waals surface area contributed by atoms with Crippen molar-refractivity contribution in [3.8, 4) is 0 Å². The highest BCUT2D eigenvalue weighted by molar-refractivity contribution is 4.90. The SMILES string of the molecule is OC[C@@H](O)C(O[C@H]1O[C@H](CO)[C@@H](O)[C@H](O)[C@H]1O)[C@@H](O)CO. The largest absolute Gasteiger partial charge is 0.394 e. The molecule has 1 rings (SSSR count). The van der Waals surface area contributed by atoms with E-state index in [9.17, 15) is 25.5 Å². The molecule has 0 amide bonds. The van der Waals surface area contributed by atoms with Crippen molar-refractivity contribution in [1.29, 1.82) is 0 Å². The monoisotopic (exact) mass is 314 g/mol. The van der Waals surface area contributed by atoms with Crippen molar-refractivity contribution < 1.29 is 50.3 Å².